The molecule has 1 N–H and O–H groups in total. The number of rotatable bonds is 4. The lowest BCUT2D eigenvalue weighted by Gasteiger charge is -1.98. The second-order valence-corrected chi connectivity index (χ2v) is 3.32. The number of hydrogen-bond acceptors (Lipinski definition) is 3. The van der Waals surface area contributed by atoms with Crippen LogP contribution in [-0.4, -0.2) is 16.5 Å². The third-order valence-electron chi connectivity index (χ3n) is 1.49. The summed E-state index contributed by atoms with van der Waals surface area (Å²) in [7, 11) is 0. The van der Waals surface area contributed by atoms with E-state index in [9.17, 15) is 4.79 Å². The van der Waals surface area contributed by atoms with Crippen molar-refractivity contribution in [3.05, 3.63) is 29.8 Å². The molecule has 0 aliphatic carbocycles. The average molecular weight is 182 g/mol. The molecule has 0 amide bonds. The van der Waals surface area contributed by atoms with Crippen LogP contribution in [0.1, 0.15) is 5.56 Å². The predicted molar refractivity (Wildman–Crippen MR) is 51.0 cm³/mol. The van der Waals surface area contributed by atoms with E-state index >= 15 is 0 Å². The van der Waals surface area contributed by atoms with Crippen molar-refractivity contribution in [2.24, 2.45) is 0 Å². The highest BCUT2D eigenvalue weighted by Gasteiger charge is 1.93. The minimum atomic E-state index is 0.281. The zero-order valence-corrected chi connectivity index (χ0v) is 7.38. The number of hydrogen-bond donors (Lipinski definition) is 1. The van der Waals surface area contributed by atoms with Crippen molar-refractivity contribution in [2.75, 3.05) is 5.75 Å². The normalized spacial score (nSPS) is 9.67. The Morgan fingerprint density at radius 3 is 3.00 bits per heavy atom. The first-order valence-electron chi connectivity index (χ1n) is 3.66. The van der Waals surface area contributed by atoms with Crippen LogP contribution in [0.15, 0.2) is 24.3 Å². The first-order chi connectivity index (χ1) is 5.83. The first-order valence-corrected chi connectivity index (χ1v) is 4.71. The van der Waals surface area contributed by atoms with Gasteiger partial charge >= 0.3 is 0 Å². The van der Waals surface area contributed by atoms with Crippen LogP contribution in [0, 0.1) is 0 Å². The SMILES string of the molecule is O=CSCCc1cccc(O)c1. The predicted octanol–water partition coefficient (Wildman–Crippen LogP) is 1.86. The van der Waals surface area contributed by atoms with E-state index in [1.54, 1.807) is 18.2 Å². The Balaban J connectivity index is 2.46. The Labute approximate surface area is 75.6 Å². The fourth-order valence-corrected chi connectivity index (χ4v) is 1.39. The van der Waals surface area contributed by atoms with Crippen molar-refractivity contribution in [1.29, 1.82) is 0 Å². The molecule has 0 saturated heterocycles. The zero-order chi connectivity index (χ0) is 8.81. The Hall–Kier alpha value is -0.960. The third kappa shape index (κ3) is 2.96. The molecule has 0 atom stereocenters. The van der Waals surface area contributed by atoms with Crippen LogP contribution in [0.2, 0.25) is 0 Å². The molecule has 0 fully saturated rings. The molecule has 1 aromatic rings. The Kier molecular flexibility index (Phi) is 3.67. The lowest BCUT2D eigenvalue weighted by atomic mass is 10.2. The van der Waals surface area contributed by atoms with E-state index in [1.165, 1.54) is 11.8 Å². The van der Waals surface area contributed by atoms with Crippen LogP contribution in [0.4, 0.5) is 0 Å². The van der Waals surface area contributed by atoms with Gasteiger partial charge in [-0.15, -0.1) is 0 Å². The van der Waals surface area contributed by atoms with Crippen LogP contribution in [-0.2, 0) is 11.2 Å². The minimum Gasteiger partial charge on any atom is -0.508 e. The zero-order valence-electron chi connectivity index (χ0n) is 6.56. The van der Waals surface area contributed by atoms with Crippen LogP contribution >= 0.6 is 11.8 Å². The lowest BCUT2D eigenvalue weighted by molar-refractivity contribution is 0.474. The topological polar surface area (TPSA) is 37.3 Å². The number of carbonyl (C=O) groups excluding carboxylic acids is 1. The first kappa shape index (κ1) is 9.13. The molecule has 1 rings (SSSR count). The van der Waals surface area contributed by atoms with Crippen molar-refractivity contribution in [3.63, 3.8) is 0 Å². The molecule has 0 aliphatic rings. The quantitative estimate of drug-likeness (QED) is 0.570. The maximum absolute atomic E-state index is 9.98. The highest BCUT2D eigenvalue weighted by Crippen LogP contribution is 2.12. The number of phenols is 1. The summed E-state index contributed by atoms with van der Waals surface area (Å²) in [4.78, 5) is 9.98. The van der Waals surface area contributed by atoms with Crippen molar-refractivity contribution < 1.29 is 9.90 Å². The van der Waals surface area contributed by atoms with Crippen molar-refractivity contribution in [3.8, 4) is 5.75 Å². The molecule has 0 saturated carbocycles. The summed E-state index contributed by atoms with van der Waals surface area (Å²) in [6.45, 7) is 0. The maximum Gasteiger partial charge on any atom is 0.176 e. The van der Waals surface area contributed by atoms with Crippen LogP contribution in [0.3, 0.4) is 0 Å². The van der Waals surface area contributed by atoms with Crippen LogP contribution < -0.4 is 0 Å². The maximum atomic E-state index is 9.98. The molecule has 0 aliphatic heterocycles. The van der Waals surface area contributed by atoms with Gasteiger partial charge in [-0.2, -0.15) is 0 Å². The van der Waals surface area contributed by atoms with Crippen LogP contribution in [0.5, 0.6) is 5.75 Å². The molecule has 1 aromatic carbocycles. The van der Waals surface area contributed by atoms with Crippen molar-refractivity contribution in [2.45, 2.75) is 6.42 Å². The molecule has 0 spiro atoms. The second-order valence-electron chi connectivity index (χ2n) is 2.39. The Bertz CT molecular complexity index is 260. The van der Waals surface area contributed by atoms with Gasteiger partial charge in [0.1, 0.15) is 5.75 Å². The summed E-state index contributed by atoms with van der Waals surface area (Å²) in [6, 6.07) is 7.09. The number of phenolic OH excluding ortho intramolecular Hbond substituents is 1. The fraction of sp³-hybridized carbons (Fsp3) is 0.222. The number of aromatic hydroxyl groups is 1. The van der Waals surface area contributed by atoms with Gasteiger partial charge in [0, 0.05) is 5.75 Å². The Morgan fingerprint density at radius 1 is 1.50 bits per heavy atom. The highest BCUT2D eigenvalue weighted by atomic mass is 32.2. The molecule has 0 heterocycles. The molecular weight excluding hydrogens is 172 g/mol. The van der Waals surface area contributed by atoms with E-state index in [2.05, 4.69) is 0 Å². The van der Waals surface area contributed by atoms with E-state index in [4.69, 9.17) is 5.11 Å². The van der Waals surface area contributed by atoms with E-state index in [0.29, 0.717) is 0 Å². The highest BCUT2D eigenvalue weighted by molar-refractivity contribution is 8.11. The summed E-state index contributed by atoms with van der Waals surface area (Å²) in [5.41, 5.74) is 1.90. The van der Waals surface area contributed by atoms with Crippen molar-refractivity contribution >= 4 is 17.4 Å². The van der Waals surface area contributed by atoms with Crippen molar-refractivity contribution in [1.82, 2.24) is 0 Å². The summed E-state index contributed by atoms with van der Waals surface area (Å²) in [5, 5.41) is 9.09. The molecule has 64 valence electrons. The fourth-order valence-electron chi connectivity index (χ4n) is 0.937. The number of thioether (sulfide) groups is 1. The van der Waals surface area contributed by atoms with Gasteiger partial charge in [0.05, 0.1) is 0 Å². The third-order valence-corrected chi connectivity index (χ3v) is 2.06. The van der Waals surface area contributed by atoms with Crippen LogP contribution in [0.25, 0.3) is 0 Å². The van der Waals surface area contributed by atoms with Gasteiger partial charge in [-0.25, -0.2) is 0 Å². The van der Waals surface area contributed by atoms with E-state index in [1.807, 2.05) is 6.07 Å². The summed E-state index contributed by atoms with van der Waals surface area (Å²) in [6.07, 6.45) is 0.817. The van der Waals surface area contributed by atoms with Gasteiger partial charge < -0.3 is 5.11 Å². The number of aryl methyl sites for hydroxylation is 1. The molecule has 0 bridgehead atoms. The van der Waals surface area contributed by atoms with E-state index < -0.39 is 0 Å². The van der Waals surface area contributed by atoms with E-state index in [-0.39, 0.29) is 5.75 Å². The average Bonchev–Trinajstić information content (AvgIpc) is 2.05. The summed E-state index contributed by atoms with van der Waals surface area (Å²) >= 11 is 1.25. The smallest absolute Gasteiger partial charge is 0.176 e. The second kappa shape index (κ2) is 4.83. The van der Waals surface area contributed by atoms with Gasteiger partial charge in [0.25, 0.3) is 0 Å². The van der Waals surface area contributed by atoms with Gasteiger partial charge in [0.15, 0.2) is 5.62 Å². The summed E-state index contributed by atoms with van der Waals surface area (Å²) in [5.74, 6) is 1.05. The molecule has 0 radical (unpaired) electrons. The Morgan fingerprint density at radius 2 is 2.33 bits per heavy atom. The molecule has 3 heteroatoms. The van der Waals surface area contributed by atoms with Gasteiger partial charge in [0.2, 0.25) is 0 Å². The van der Waals surface area contributed by atoms with Gasteiger partial charge in [-0.05, 0) is 24.1 Å². The minimum absolute atomic E-state index is 0.281. The largest absolute Gasteiger partial charge is 0.508 e. The summed E-state index contributed by atoms with van der Waals surface area (Å²) < 4.78 is 0. The van der Waals surface area contributed by atoms with Gasteiger partial charge in [-0.1, -0.05) is 23.9 Å². The molecule has 12 heavy (non-hydrogen) atoms. The van der Waals surface area contributed by atoms with Gasteiger partial charge in [-0.3, -0.25) is 4.79 Å². The monoisotopic (exact) mass is 182 g/mol. The molecule has 2 nitrogen and oxygen atoms in total. The molecule has 0 aromatic heterocycles. The molecule has 0 unspecified atom stereocenters. The standard InChI is InChI=1S/C9H10O2S/c10-7-12-5-4-8-2-1-3-9(11)6-8/h1-3,6-7,11H,4-5H2. The molecular formula is C9H10O2S. The lowest BCUT2D eigenvalue weighted by Crippen LogP contribution is -1.87. The number of carbonyl (C=O) groups is 1. The van der Waals surface area contributed by atoms with E-state index in [0.717, 1.165) is 23.4 Å². The number of benzene rings is 1.